The van der Waals surface area contributed by atoms with E-state index in [2.05, 4.69) is 20.6 Å². The predicted molar refractivity (Wildman–Crippen MR) is 108 cm³/mol. The van der Waals surface area contributed by atoms with Gasteiger partial charge in [-0.1, -0.05) is 36.4 Å². The molecule has 0 radical (unpaired) electrons. The predicted octanol–water partition coefficient (Wildman–Crippen LogP) is 4.27. The Morgan fingerprint density at radius 2 is 1.34 bits per heavy atom. The number of nitrogens with one attached hydrogen (secondary N) is 2. The zero-order chi connectivity index (χ0) is 20.2. The quantitative estimate of drug-likeness (QED) is 0.549. The number of halogens is 1. The Balaban J connectivity index is 1.56. The first-order chi connectivity index (χ1) is 14.1. The first-order valence-corrected chi connectivity index (χ1v) is 8.80. The summed E-state index contributed by atoms with van der Waals surface area (Å²) in [5, 5.41) is 6.10. The van der Waals surface area contributed by atoms with Gasteiger partial charge in [0.1, 0.15) is 17.2 Å². The molecule has 29 heavy (non-hydrogen) atoms. The molecule has 4 aromatic rings. The maximum absolute atomic E-state index is 13.7. The van der Waals surface area contributed by atoms with Crippen molar-refractivity contribution in [3.05, 3.63) is 96.2 Å². The number of nitrogens with zero attached hydrogens (tertiary/aromatic N) is 2. The minimum Gasteiger partial charge on any atom is -0.319 e. The number of carbonyl (C=O) groups is 2. The van der Waals surface area contributed by atoms with Crippen molar-refractivity contribution < 1.29 is 14.0 Å². The molecule has 0 unspecified atom stereocenters. The van der Waals surface area contributed by atoms with E-state index in [0.717, 1.165) is 5.39 Å². The average molecular weight is 386 g/mol. The van der Waals surface area contributed by atoms with Gasteiger partial charge in [-0.15, -0.1) is 0 Å². The van der Waals surface area contributed by atoms with Gasteiger partial charge in [0.15, 0.2) is 0 Å². The number of para-hydroxylation sites is 2. The molecule has 0 aliphatic rings. The summed E-state index contributed by atoms with van der Waals surface area (Å²) < 4.78 is 13.7. The number of rotatable bonds is 4. The molecule has 0 saturated heterocycles. The van der Waals surface area contributed by atoms with Crippen molar-refractivity contribution in [1.29, 1.82) is 0 Å². The highest BCUT2D eigenvalue weighted by Crippen LogP contribution is 2.21. The summed E-state index contributed by atoms with van der Waals surface area (Å²) >= 11 is 0. The Morgan fingerprint density at radius 1 is 0.724 bits per heavy atom. The largest absolute Gasteiger partial charge is 0.319 e. The van der Waals surface area contributed by atoms with Gasteiger partial charge in [-0.2, -0.15) is 0 Å². The molecule has 2 amide bonds. The molecular formula is C22H15FN4O2. The van der Waals surface area contributed by atoms with E-state index in [9.17, 15) is 14.0 Å². The molecule has 4 rings (SSSR count). The van der Waals surface area contributed by atoms with Crippen LogP contribution in [0.15, 0.2) is 79.0 Å². The number of hydrogen-bond donors (Lipinski definition) is 2. The Bertz CT molecular complexity index is 1220. The summed E-state index contributed by atoms with van der Waals surface area (Å²) in [4.78, 5) is 33.4. The van der Waals surface area contributed by atoms with Gasteiger partial charge in [0, 0.05) is 11.6 Å². The molecule has 2 N–H and O–H groups in total. The molecule has 142 valence electrons. The molecule has 0 aliphatic heterocycles. The lowest BCUT2D eigenvalue weighted by Crippen LogP contribution is -2.19. The van der Waals surface area contributed by atoms with E-state index in [1.54, 1.807) is 24.4 Å². The second kappa shape index (κ2) is 7.85. The van der Waals surface area contributed by atoms with E-state index in [1.807, 2.05) is 24.3 Å². The molecule has 7 heteroatoms. The van der Waals surface area contributed by atoms with Gasteiger partial charge in [-0.3, -0.25) is 14.6 Å². The smallest absolute Gasteiger partial charge is 0.274 e. The highest BCUT2D eigenvalue weighted by Gasteiger charge is 2.15. The second-order valence-electron chi connectivity index (χ2n) is 6.18. The lowest BCUT2D eigenvalue weighted by Gasteiger charge is -2.09. The van der Waals surface area contributed by atoms with Crippen LogP contribution in [0.25, 0.3) is 10.9 Å². The van der Waals surface area contributed by atoms with Gasteiger partial charge in [-0.25, -0.2) is 9.37 Å². The molecule has 0 saturated carbocycles. The van der Waals surface area contributed by atoms with Gasteiger partial charge >= 0.3 is 0 Å². The van der Waals surface area contributed by atoms with E-state index < -0.39 is 17.6 Å². The third kappa shape index (κ3) is 3.93. The topological polar surface area (TPSA) is 84.0 Å². The fraction of sp³-hybridized carbons (Fsp3) is 0. The summed E-state index contributed by atoms with van der Waals surface area (Å²) in [5.74, 6) is -1.65. The van der Waals surface area contributed by atoms with Crippen LogP contribution in [0.2, 0.25) is 0 Å². The molecule has 0 aliphatic carbocycles. The van der Waals surface area contributed by atoms with Crippen LogP contribution < -0.4 is 10.6 Å². The maximum Gasteiger partial charge on any atom is 0.274 e. The molecule has 0 fully saturated rings. The van der Waals surface area contributed by atoms with Crippen LogP contribution in [0, 0.1) is 5.82 Å². The molecule has 0 spiro atoms. The minimum absolute atomic E-state index is 0.00283. The first kappa shape index (κ1) is 18.2. The summed E-state index contributed by atoms with van der Waals surface area (Å²) in [7, 11) is 0. The normalized spacial score (nSPS) is 10.5. The lowest BCUT2D eigenvalue weighted by atomic mass is 10.2. The number of carbonyl (C=O) groups excluding carboxylic acids is 2. The highest BCUT2D eigenvalue weighted by molar-refractivity contribution is 6.08. The third-order valence-electron chi connectivity index (χ3n) is 4.22. The van der Waals surface area contributed by atoms with Crippen LogP contribution in [-0.2, 0) is 0 Å². The summed E-state index contributed by atoms with van der Waals surface area (Å²) in [5.41, 5.74) is 1.28. The summed E-state index contributed by atoms with van der Waals surface area (Å²) in [6.07, 6.45) is 1.64. The van der Waals surface area contributed by atoms with E-state index >= 15 is 0 Å². The Morgan fingerprint density at radius 3 is 2.10 bits per heavy atom. The number of hydrogen-bond acceptors (Lipinski definition) is 4. The number of benzene rings is 2. The Kier molecular flexibility index (Phi) is 4.94. The molecule has 2 aromatic carbocycles. The monoisotopic (exact) mass is 386 g/mol. The third-order valence-corrected chi connectivity index (χ3v) is 4.22. The van der Waals surface area contributed by atoms with Crippen LogP contribution in [-0.4, -0.2) is 21.8 Å². The standard InChI is InChI=1S/C22H15FN4O2/c23-15-8-1-2-9-16(15)26-21(28)18-11-4-12-19(25-18)22(29)27-17-10-3-6-14-7-5-13-24-20(14)17/h1-13H,(H,26,28)(H,27,29). The van der Waals surface area contributed by atoms with Crippen molar-refractivity contribution in [3.63, 3.8) is 0 Å². The number of pyridine rings is 2. The number of fused-ring (bicyclic) bond motifs is 1. The molecule has 2 aromatic heterocycles. The lowest BCUT2D eigenvalue weighted by molar-refractivity contribution is 0.101. The summed E-state index contributed by atoms with van der Waals surface area (Å²) in [6.45, 7) is 0. The van der Waals surface area contributed by atoms with Crippen molar-refractivity contribution in [2.45, 2.75) is 0 Å². The van der Waals surface area contributed by atoms with Gasteiger partial charge in [-0.05, 0) is 36.4 Å². The summed E-state index contributed by atoms with van der Waals surface area (Å²) in [6, 6.07) is 19.4. The fourth-order valence-corrected chi connectivity index (χ4v) is 2.83. The van der Waals surface area contributed by atoms with Gasteiger partial charge in [0.05, 0.1) is 16.9 Å². The van der Waals surface area contributed by atoms with Crippen molar-refractivity contribution >= 4 is 34.1 Å². The van der Waals surface area contributed by atoms with E-state index in [0.29, 0.717) is 11.2 Å². The van der Waals surface area contributed by atoms with Gasteiger partial charge < -0.3 is 10.6 Å². The van der Waals surface area contributed by atoms with Crippen LogP contribution in [0.1, 0.15) is 21.0 Å². The average Bonchev–Trinajstić information content (AvgIpc) is 2.75. The molecule has 6 nitrogen and oxygen atoms in total. The molecule has 0 bridgehead atoms. The van der Waals surface area contributed by atoms with Crippen molar-refractivity contribution in [2.24, 2.45) is 0 Å². The Labute approximate surface area is 165 Å². The first-order valence-electron chi connectivity index (χ1n) is 8.80. The van der Waals surface area contributed by atoms with Gasteiger partial charge in [0.25, 0.3) is 11.8 Å². The van der Waals surface area contributed by atoms with Crippen LogP contribution >= 0.6 is 0 Å². The van der Waals surface area contributed by atoms with E-state index in [1.165, 1.54) is 30.3 Å². The molecule has 0 atom stereocenters. The zero-order valence-corrected chi connectivity index (χ0v) is 15.1. The van der Waals surface area contributed by atoms with Crippen LogP contribution in [0.3, 0.4) is 0 Å². The number of amides is 2. The van der Waals surface area contributed by atoms with Crippen molar-refractivity contribution in [2.75, 3.05) is 10.6 Å². The molecular weight excluding hydrogens is 371 g/mol. The van der Waals surface area contributed by atoms with Crippen molar-refractivity contribution in [1.82, 2.24) is 9.97 Å². The SMILES string of the molecule is O=C(Nc1ccccc1F)c1cccc(C(=O)Nc2cccc3cccnc23)n1. The Hall–Kier alpha value is -4.13. The zero-order valence-electron chi connectivity index (χ0n) is 15.1. The van der Waals surface area contributed by atoms with Gasteiger partial charge in [0.2, 0.25) is 0 Å². The number of anilines is 2. The second-order valence-corrected chi connectivity index (χ2v) is 6.18. The maximum atomic E-state index is 13.7. The van der Waals surface area contributed by atoms with E-state index in [4.69, 9.17) is 0 Å². The van der Waals surface area contributed by atoms with Crippen LogP contribution in [0.5, 0.6) is 0 Å². The van der Waals surface area contributed by atoms with Crippen molar-refractivity contribution in [3.8, 4) is 0 Å². The minimum atomic E-state index is -0.614. The fourth-order valence-electron chi connectivity index (χ4n) is 2.83. The molecule has 2 heterocycles. The van der Waals surface area contributed by atoms with Crippen LogP contribution in [0.4, 0.5) is 15.8 Å². The van der Waals surface area contributed by atoms with E-state index in [-0.39, 0.29) is 17.1 Å². The highest BCUT2D eigenvalue weighted by atomic mass is 19.1. The number of aromatic nitrogens is 2.